The van der Waals surface area contributed by atoms with Crippen LogP contribution in [0.3, 0.4) is 0 Å². The fraction of sp³-hybridized carbons (Fsp3) is 0.433. The Labute approximate surface area is 247 Å². The molecule has 0 unspecified atom stereocenters. The zero-order chi connectivity index (χ0) is 31.7. The number of amides is 2. The SMILES string of the molecule is CCOc1cc2c(cc1C(=O)NC)C(=NC(=O)C(F)(F)F)N(CC(=O)c1cc3c(c(C(C)(C)C)c1)OCCN3CC#N)C2. The number of nitrogens with one attached hydrogen (secondary N) is 1. The van der Waals surface area contributed by atoms with Crippen molar-refractivity contribution in [3.05, 3.63) is 52.1 Å². The van der Waals surface area contributed by atoms with E-state index in [1.807, 2.05) is 20.8 Å². The number of benzene rings is 2. The second-order valence-electron chi connectivity index (χ2n) is 11.1. The molecular formula is C30H32F3N5O5. The van der Waals surface area contributed by atoms with Crippen LogP contribution in [-0.4, -0.2) is 74.4 Å². The Morgan fingerprint density at radius 1 is 1.14 bits per heavy atom. The van der Waals surface area contributed by atoms with Crippen LogP contribution in [0.1, 0.15) is 65.1 Å². The first kappa shape index (κ1) is 31.3. The van der Waals surface area contributed by atoms with E-state index in [1.165, 1.54) is 24.1 Å². The summed E-state index contributed by atoms with van der Waals surface area (Å²) >= 11 is 0. The predicted octanol–water partition coefficient (Wildman–Crippen LogP) is 4.00. The minimum atomic E-state index is -5.25. The summed E-state index contributed by atoms with van der Waals surface area (Å²) in [5.41, 5.74) is 1.72. The summed E-state index contributed by atoms with van der Waals surface area (Å²) in [7, 11) is 1.39. The first-order valence-corrected chi connectivity index (χ1v) is 13.6. The van der Waals surface area contributed by atoms with Gasteiger partial charge >= 0.3 is 12.1 Å². The molecule has 43 heavy (non-hydrogen) atoms. The molecule has 0 saturated heterocycles. The maximum atomic E-state index is 13.8. The molecule has 13 heteroatoms. The number of hydrogen-bond acceptors (Lipinski definition) is 7. The van der Waals surface area contributed by atoms with Crippen LogP contribution in [0, 0.1) is 11.3 Å². The molecule has 0 radical (unpaired) electrons. The molecular weight excluding hydrogens is 567 g/mol. The number of ketones is 1. The maximum Gasteiger partial charge on any atom is 0.473 e. The van der Waals surface area contributed by atoms with E-state index in [-0.39, 0.29) is 48.0 Å². The molecule has 228 valence electrons. The third kappa shape index (κ3) is 6.43. The number of ether oxygens (including phenoxy) is 2. The summed E-state index contributed by atoms with van der Waals surface area (Å²) in [6, 6.07) is 8.25. The molecule has 2 amide bonds. The number of anilines is 1. The Morgan fingerprint density at radius 3 is 2.47 bits per heavy atom. The van der Waals surface area contributed by atoms with Gasteiger partial charge in [0.25, 0.3) is 5.91 Å². The quantitative estimate of drug-likeness (QED) is 0.374. The normalized spacial score (nSPS) is 15.4. The van der Waals surface area contributed by atoms with Crippen molar-refractivity contribution in [3.8, 4) is 17.6 Å². The number of nitrogens with zero attached hydrogens (tertiary/aromatic N) is 4. The van der Waals surface area contributed by atoms with Crippen LogP contribution in [0.4, 0.5) is 18.9 Å². The largest absolute Gasteiger partial charge is 0.493 e. The van der Waals surface area contributed by atoms with E-state index in [1.54, 1.807) is 24.0 Å². The molecule has 4 rings (SSSR count). The predicted molar refractivity (Wildman–Crippen MR) is 152 cm³/mol. The average molecular weight is 600 g/mol. The molecule has 2 aliphatic heterocycles. The minimum Gasteiger partial charge on any atom is -0.493 e. The average Bonchev–Trinajstić information content (AvgIpc) is 3.26. The monoisotopic (exact) mass is 599 g/mol. The minimum absolute atomic E-state index is 0.0468. The van der Waals surface area contributed by atoms with Gasteiger partial charge in [0.05, 0.1) is 37.0 Å². The van der Waals surface area contributed by atoms with Gasteiger partial charge in [-0.05, 0) is 42.2 Å². The van der Waals surface area contributed by atoms with Gasteiger partial charge < -0.3 is 24.6 Å². The molecule has 1 N–H and O–H groups in total. The second-order valence-corrected chi connectivity index (χ2v) is 11.1. The Morgan fingerprint density at radius 2 is 1.86 bits per heavy atom. The lowest BCUT2D eigenvalue weighted by Crippen LogP contribution is -2.35. The molecule has 0 spiro atoms. The highest BCUT2D eigenvalue weighted by Crippen LogP contribution is 2.42. The van der Waals surface area contributed by atoms with Gasteiger partial charge in [-0.2, -0.15) is 23.4 Å². The number of amidine groups is 1. The molecule has 10 nitrogen and oxygen atoms in total. The van der Waals surface area contributed by atoms with E-state index >= 15 is 0 Å². The van der Waals surface area contributed by atoms with Crippen molar-refractivity contribution in [1.29, 1.82) is 5.26 Å². The number of alkyl halides is 3. The number of hydrogen-bond donors (Lipinski definition) is 1. The fourth-order valence-corrected chi connectivity index (χ4v) is 5.03. The molecule has 2 aromatic rings. The van der Waals surface area contributed by atoms with Gasteiger partial charge in [0, 0.05) is 30.3 Å². The fourth-order valence-electron chi connectivity index (χ4n) is 5.03. The van der Waals surface area contributed by atoms with Crippen LogP contribution in [0.15, 0.2) is 29.3 Å². The Hall–Kier alpha value is -4.60. The van der Waals surface area contributed by atoms with Crippen molar-refractivity contribution >= 4 is 29.1 Å². The number of Topliss-reactive ketones (excluding diaryl/α,β-unsaturated/α-hetero) is 1. The van der Waals surface area contributed by atoms with Gasteiger partial charge in [-0.15, -0.1) is 0 Å². The third-order valence-corrected chi connectivity index (χ3v) is 7.07. The van der Waals surface area contributed by atoms with Gasteiger partial charge in [-0.25, -0.2) is 0 Å². The standard InChI is InChI=1S/C30H32F3N5O5/c1-6-42-24-13-18-15-38(26(36-28(41)30(31,32)33)19(18)14-20(24)27(40)35-5)16-23(39)17-11-21(29(2,3)4)25-22(12-17)37(8-7-34)9-10-43-25/h11-14H,6,8-10,15-16H2,1-5H3,(H,35,40). The van der Waals surface area contributed by atoms with Crippen molar-refractivity contribution < 1.29 is 37.0 Å². The molecule has 0 saturated carbocycles. The van der Waals surface area contributed by atoms with Crippen LogP contribution in [0.25, 0.3) is 0 Å². The molecule has 0 atom stereocenters. The Balaban J connectivity index is 1.79. The van der Waals surface area contributed by atoms with Gasteiger partial charge in [-0.3, -0.25) is 14.4 Å². The zero-order valence-corrected chi connectivity index (χ0v) is 24.5. The van der Waals surface area contributed by atoms with Gasteiger partial charge in [0.2, 0.25) is 0 Å². The topological polar surface area (TPSA) is 124 Å². The summed E-state index contributed by atoms with van der Waals surface area (Å²) in [5.74, 6) is -2.93. The first-order valence-electron chi connectivity index (χ1n) is 13.6. The summed E-state index contributed by atoms with van der Waals surface area (Å²) in [5, 5.41) is 11.8. The zero-order valence-electron chi connectivity index (χ0n) is 24.5. The maximum absolute atomic E-state index is 13.8. The highest BCUT2D eigenvalue weighted by atomic mass is 19.4. The van der Waals surface area contributed by atoms with Crippen molar-refractivity contribution in [1.82, 2.24) is 10.2 Å². The van der Waals surface area contributed by atoms with E-state index in [2.05, 4.69) is 16.4 Å². The number of carbonyl (C=O) groups is 3. The molecule has 0 fully saturated rings. The van der Waals surface area contributed by atoms with Crippen LogP contribution < -0.4 is 19.7 Å². The second kappa shape index (κ2) is 11.9. The van der Waals surface area contributed by atoms with Gasteiger partial charge in [0.1, 0.15) is 30.5 Å². The van der Waals surface area contributed by atoms with Gasteiger partial charge in [-0.1, -0.05) is 20.8 Å². The van der Waals surface area contributed by atoms with Crippen LogP contribution >= 0.6 is 0 Å². The lowest BCUT2D eigenvalue weighted by Gasteiger charge is -2.34. The van der Waals surface area contributed by atoms with E-state index in [4.69, 9.17) is 9.47 Å². The summed E-state index contributed by atoms with van der Waals surface area (Å²) in [6.45, 7) is 8.20. The molecule has 2 aliphatic rings. The highest BCUT2D eigenvalue weighted by Gasteiger charge is 2.41. The Bertz CT molecular complexity index is 1540. The van der Waals surface area contributed by atoms with Crippen LogP contribution in [0.2, 0.25) is 0 Å². The van der Waals surface area contributed by atoms with Crippen molar-refractivity contribution in [2.75, 3.05) is 44.8 Å². The van der Waals surface area contributed by atoms with Crippen LogP contribution in [0.5, 0.6) is 11.5 Å². The number of aliphatic imine (C=N–C) groups is 1. The summed E-state index contributed by atoms with van der Waals surface area (Å²) in [4.78, 5) is 44.8. The number of rotatable bonds is 7. The lowest BCUT2D eigenvalue weighted by atomic mass is 9.84. The number of fused-ring (bicyclic) bond motifs is 2. The molecule has 0 aromatic heterocycles. The van der Waals surface area contributed by atoms with Crippen molar-refractivity contribution in [2.45, 2.75) is 45.8 Å². The summed E-state index contributed by atoms with van der Waals surface area (Å²) in [6.07, 6.45) is -5.25. The van der Waals surface area contributed by atoms with Crippen LogP contribution in [-0.2, 0) is 16.8 Å². The van der Waals surface area contributed by atoms with E-state index in [0.717, 1.165) is 5.56 Å². The van der Waals surface area contributed by atoms with E-state index in [0.29, 0.717) is 30.2 Å². The van der Waals surface area contributed by atoms with Crippen molar-refractivity contribution in [3.63, 3.8) is 0 Å². The summed E-state index contributed by atoms with van der Waals surface area (Å²) < 4.78 is 51.5. The number of carbonyl (C=O) groups excluding carboxylic acids is 3. The molecule has 2 aromatic carbocycles. The number of nitriles is 1. The molecule has 0 bridgehead atoms. The number of halogens is 3. The van der Waals surface area contributed by atoms with E-state index < -0.39 is 35.7 Å². The molecule has 0 aliphatic carbocycles. The highest BCUT2D eigenvalue weighted by molar-refractivity contribution is 6.12. The van der Waals surface area contributed by atoms with E-state index in [9.17, 15) is 32.8 Å². The lowest BCUT2D eigenvalue weighted by molar-refractivity contribution is -0.169. The smallest absolute Gasteiger partial charge is 0.473 e. The first-order chi connectivity index (χ1) is 20.2. The molecule has 2 heterocycles. The third-order valence-electron chi connectivity index (χ3n) is 7.07. The van der Waals surface area contributed by atoms with Crippen molar-refractivity contribution in [2.24, 2.45) is 4.99 Å². The Kier molecular flexibility index (Phi) is 8.71. The van der Waals surface area contributed by atoms with Gasteiger partial charge in [0.15, 0.2) is 5.78 Å².